The molecule has 0 aromatic heterocycles. The van der Waals surface area contributed by atoms with Gasteiger partial charge in [0, 0.05) is 9.37 Å². The second-order valence-corrected chi connectivity index (χ2v) is 4.29. The largest absolute Gasteiger partial charge is 0.384 e. The number of nitrogens with zero attached hydrogens (tertiary/aromatic N) is 1. The summed E-state index contributed by atoms with van der Waals surface area (Å²) in [4.78, 5) is 0.362. The number of hydrogen-bond acceptors (Lipinski definition) is 2. The standard InChI is InChI=1S/C8H4BrF2NS/c9-6-2-1-3-7(4-6)13-8(10,11)5-12/h1-4H. The number of alkyl halides is 2. The maximum absolute atomic E-state index is 12.6. The quantitative estimate of drug-likeness (QED) is 0.761. The van der Waals surface area contributed by atoms with Gasteiger partial charge in [-0.05, 0) is 30.0 Å². The molecule has 0 saturated heterocycles. The lowest BCUT2D eigenvalue weighted by atomic mass is 10.4. The Kier molecular flexibility index (Phi) is 3.28. The molecule has 0 radical (unpaired) electrons. The van der Waals surface area contributed by atoms with E-state index in [1.807, 2.05) is 0 Å². The van der Waals surface area contributed by atoms with Crippen LogP contribution in [0.25, 0.3) is 0 Å². The molecule has 1 aromatic rings. The van der Waals surface area contributed by atoms with E-state index in [-0.39, 0.29) is 11.8 Å². The molecule has 0 fully saturated rings. The zero-order chi connectivity index (χ0) is 9.90. The summed E-state index contributed by atoms with van der Waals surface area (Å²) >= 11 is 3.39. The Hall–Kier alpha value is -0.600. The van der Waals surface area contributed by atoms with Crippen molar-refractivity contribution in [2.45, 2.75) is 10.2 Å². The molecule has 0 aliphatic heterocycles. The van der Waals surface area contributed by atoms with E-state index >= 15 is 0 Å². The second-order valence-electron chi connectivity index (χ2n) is 2.19. The Balaban J connectivity index is 2.82. The zero-order valence-electron chi connectivity index (χ0n) is 6.30. The summed E-state index contributed by atoms with van der Waals surface area (Å²) in [6.07, 6.45) is 0. The Morgan fingerprint density at radius 1 is 1.46 bits per heavy atom. The topological polar surface area (TPSA) is 23.8 Å². The summed E-state index contributed by atoms with van der Waals surface area (Å²) in [7, 11) is 0. The molecule has 1 rings (SSSR count). The van der Waals surface area contributed by atoms with Gasteiger partial charge in [0.15, 0.2) is 6.07 Å². The van der Waals surface area contributed by atoms with E-state index in [1.165, 1.54) is 12.1 Å². The Morgan fingerprint density at radius 3 is 2.69 bits per heavy atom. The lowest BCUT2D eigenvalue weighted by Gasteiger charge is -2.06. The predicted molar refractivity (Wildman–Crippen MR) is 50.6 cm³/mol. The Morgan fingerprint density at radius 2 is 2.15 bits per heavy atom. The first-order valence-corrected chi connectivity index (χ1v) is 4.88. The third-order valence-electron chi connectivity index (χ3n) is 1.17. The summed E-state index contributed by atoms with van der Waals surface area (Å²) in [6, 6.07) is 7.36. The second kappa shape index (κ2) is 4.07. The molecule has 5 heteroatoms. The number of thioether (sulfide) groups is 1. The van der Waals surface area contributed by atoms with Gasteiger partial charge in [0.2, 0.25) is 0 Å². The molecule has 0 aliphatic rings. The first kappa shape index (κ1) is 10.5. The van der Waals surface area contributed by atoms with Crippen LogP contribution in [-0.2, 0) is 0 Å². The summed E-state index contributed by atoms with van der Waals surface area (Å²) in [5.74, 6) is 0. The number of rotatable bonds is 2. The lowest BCUT2D eigenvalue weighted by molar-refractivity contribution is 0.171. The fourth-order valence-electron chi connectivity index (χ4n) is 0.701. The molecule has 0 bridgehead atoms. The average Bonchev–Trinajstić information content (AvgIpc) is 2.03. The van der Waals surface area contributed by atoms with Crippen LogP contribution < -0.4 is 0 Å². The lowest BCUT2D eigenvalue weighted by Crippen LogP contribution is -2.04. The summed E-state index contributed by atoms with van der Waals surface area (Å²) in [5, 5.41) is 4.73. The Labute approximate surface area is 86.9 Å². The van der Waals surface area contributed by atoms with Crippen LogP contribution in [0.5, 0.6) is 0 Å². The van der Waals surface area contributed by atoms with E-state index in [9.17, 15) is 8.78 Å². The van der Waals surface area contributed by atoms with Crippen LogP contribution in [0.1, 0.15) is 0 Å². The molecule has 0 N–H and O–H groups in total. The number of nitriles is 1. The van der Waals surface area contributed by atoms with Crippen molar-refractivity contribution in [1.29, 1.82) is 5.26 Å². The van der Waals surface area contributed by atoms with E-state index < -0.39 is 5.25 Å². The molecular formula is C8H4BrF2NS. The predicted octanol–water partition coefficient (Wildman–Crippen LogP) is 3.66. The first-order valence-electron chi connectivity index (χ1n) is 3.27. The van der Waals surface area contributed by atoms with Crippen LogP contribution in [0.4, 0.5) is 8.78 Å². The van der Waals surface area contributed by atoms with Gasteiger partial charge in [-0.15, -0.1) is 0 Å². The van der Waals surface area contributed by atoms with Crippen LogP contribution in [0.3, 0.4) is 0 Å². The highest BCUT2D eigenvalue weighted by atomic mass is 79.9. The van der Waals surface area contributed by atoms with Gasteiger partial charge in [-0.2, -0.15) is 14.0 Å². The molecule has 0 saturated carbocycles. The fourth-order valence-corrected chi connectivity index (χ4v) is 1.93. The van der Waals surface area contributed by atoms with E-state index in [4.69, 9.17) is 5.26 Å². The van der Waals surface area contributed by atoms with Crippen molar-refractivity contribution in [3.05, 3.63) is 28.7 Å². The summed E-state index contributed by atoms with van der Waals surface area (Å²) in [6.45, 7) is 0. The van der Waals surface area contributed by atoms with E-state index in [0.717, 1.165) is 6.07 Å². The number of halogens is 3. The van der Waals surface area contributed by atoms with Crippen molar-refractivity contribution in [3.63, 3.8) is 0 Å². The first-order chi connectivity index (χ1) is 6.03. The third-order valence-corrected chi connectivity index (χ3v) is 2.50. The van der Waals surface area contributed by atoms with Gasteiger partial charge in [0.1, 0.15) is 0 Å². The van der Waals surface area contributed by atoms with Gasteiger partial charge in [-0.3, -0.25) is 0 Å². The van der Waals surface area contributed by atoms with Gasteiger partial charge in [0.05, 0.1) is 0 Å². The Bertz CT molecular complexity index is 348. The van der Waals surface area contributed by atoms with Crippen LogP contribution in [0, 0.1) is 11.3 Å². The van der Waals surface area contributed by atoms with Crippen molar-refractivity contribution in [2.24, 2.45) is 0 Å². The van der Waals surface area contributed by atoms with Gasteiger partial charge in [-0.1, -0.05) is 22.0 Å². The minimum absolute atomic E-state index is 0.236. The molecule has 0 heterocycles. The van der Waals surface area contributed by atoms with E-state index in [0.29, 0.717) is 9.37 Å². The van der Waals surface area contributed by atoms with Crippen LogP contribution in [0.15, 0.2) is 33.6 Å². The molecule has 0 aliphatic carbocycles. The van der Waals surface area contributed by atoms with Crippen LogP contribution >= 0.6 is 27.7 Å². The summed E-state index contributed by atoms with van der Waals surface area (Å²) in [5.41, 5.74) is 0. The van der Waals surface area contributed by atoms with Gasteiger partial charge in [0.25, 0.3) is 0 Å². The highest BCUT2D eigenvalue weighted by Crippen LogP contribution is 2.35. The molecule has 1 nitrogen and oxygen atoms in total. The molecule has 1 aromatic carbocycles. The minimum atomic E-state index is -3.36. The van der Waals surface area contributed by atoms with Crippen LogP contribution in [0.2, 0.25) is 0 Å². The summed E-state index contributed by atoms with van der Waals surface area (Å²) < 4.78 is 25.8. The smallest absolute Gasteiger partial charge is 0.191 e. The molecular weight excluding hydrogens is 260 g/mol. The maximum Gasteiger partial charge on any atom is 0.384 e. The molecule has 13 heavy (non-hydrogen) atoms. The maximum atomic E-state index is 12.6. The van der Waals surface area contributed by atoms with Crippen molar-refractivity contribution < 1.29 is 8.78 Å². The third kappa shape index (κ3) is 3.33. The van der Waals surface area contributed by atoms with E-state index in [2.05, 4.69) is 15.9 Å². The SMILES string of the molecule is N#CC(F)(F)Sc1cccc(Br)c1. The fraction of sp³-hybridized carbons (Fsp3) is 0.125. The number of hydrogen-bond donors (Lipinski definition) is 0. The van der Waals surface area contributed by atoms with Crippen LogP contribution in [-0.4, -0.2) is 5.25 Å². The van der Waals surface area contributed by atoms with Crippen molar-refractivity contribution in [3.8, 4) is 6.07 Å². The molecule has 0 unspecified atom stereocenters. The van der Waals surface area contributed by atoms with Gasteiger partial charge in [-0.25, -0.2) is 0 Å². The van der Waals surface area contributed by atoms with Crippen molar-refractivity contribution >= 4 is 27.7 Å². The molecule has 0 amide bonds. The number of benzene rings is 1. The molecule has 0 atom stereocenters. The average molecular weight is 264 g/mol. The van der Waals surface area contributed by atoms with Gasteiger partial charge < -0.3 is 0 Å². The zero-order valence-corrected chi connectivity index (χ0v) is 8.70. The van der Waals surface area contributed by atoms with E-state index in [1.54, 1.807) is 12.1 Å². The highest BCUT2D eigenvalue weighted by Gasteiger charge is 2.29. The monoisotopic (exact) mass is 263 g/mol. The minimum Gasteiger partial charge on any atom is -0.191 e. The normalized spacial score (nSPS) is 10.9. The van der Waals surface area contributed by atoms with Crippen molar-refractivity contribution in [2.75, 3.05) is 0 Å². The van der Waals surface area contributed by atoms with Gasteiger partial charge >= 0.3 is 5.25 Å². The molecule has 0 spiro atoms. The molecule has 68 valence electrons. The highest BCUT2D eigenvalue weighted by molar-refractivity contribution is 9.10. The van der Waals surface area contributed by atoms with Crippen molar-refractivity contribution in [1.82, 2.24) is 0 Å².